The summed E-state index contributed by atoms with van der Waals surface area (Å²) in [7, 11) is 0. The molecule has 0 amide bonds. The Hall–Kier alpha value is -2.27. The molecule has 0 atom stereocenters. The van der Waals surface area contributed by atoms with Gasteiger partial charge in [0.2, 0.25) is 0 Å². The summed E-state index contributed by atoms with van der Waals surface area (Å²) in [6, 6.07) is 12.4. The topological polar surface area (TPSA) is 39.1 Å². The summed E-state index contributed by atoms with van der Waals surface area (Å²) in [5.74, 6) is 1.99. The Morgan fingerprint density at radius 2 is 2.17 bits per heavy atom. The molecule has 1 aromatic carbocycles. The van der Waals surface area contributed by atoms with Gasteiger partial charge in [0, 0.05) is 23.4 Å². The highest BCUT2D eigenvalue weighted by Gasteiger charge is 2.24. The number of benzene rings is 1. The monoisotopic (exact) mass is 325 g/mol. The van der Waals surface area contributed by atoms with Gasteiger partial charge in [-0.15, -0.1) is 11.3 Å². The van der Waals surface area contributed by atoms with Crippen molar-refractivity contribution < 1.29 is 4.74 Å². The Kier molecular flexibility index (Phi) is 3.79. The van der Waals surface area contributed by atoms with Crippen LogP contribution in [0.3, 0.4) is 0 Å². The van der Waals surface area contributed by atoms with Crippen LogP contribution in [0.4, 0.5) is 5.82 Å². The second-order valence-corrected chi connectivity index (χ2v) is 6.55. The molecule has 4 nitrogen and oxygen atoms in total. The van der Waals surface area contributed by atoms with Crippen molar-refractivity contribution in [1.82, 2.24) is 9.78 Å². The van der Waals surface area contributed by atoms with Crippen molar-refractivity contribution >= 4 is 17.2 Å². The molecule has 0 saturated carbocycles. The number of rotatable bonds is 5. The lowest BCUT2D eigenvalue weighted by molar-refractivity contribution is 0.338. The Morgan fingerprint density at radius 1 is 1.26 bits per heavy atom. The second-order valence-electron chi connectivity index (χ2n) is 5.52. The minimum atomic E-state index is 0.649. The quantitative estimate of drug-likeness (QED) is 0.773. The number of fused-ring (bicyclic) bond motifs is 1. The van der Waals surface area contributed by atoms with Crippen molar-refractivity contribution in [2.24, 2.45) is 0 Å². The molecular formula is C18H19N3OS. The van der Waals surface area contributed by atoms with Gasteiger partial charge in [-0.1, -0.05) is 18.2 Å². The maximum Gasteiger partial charge on any atom is 0.145 e. The number of nitrogens with one attached hydrogen (secondary N) is 1. The first kappa shape index (κ1) is 14.3. The fourth-order valence-corrected chi connectivity index (χ4v) is 3.76. The standard InChI is InChI=1S/C18H19N3OS/c1-2-22-17-8-4-3-7-16(17)21-18-14(9-10-19-18)15(20-21)12-13-6-5-11-23-13/h3-8,11,19H,2,9-10,12H2,1H3. The molecule has 0 unspecified atom stereocenters. The van der Waals surface area contributed by atoms with Crippen LogP contribution in [0.5, 0.6) is 5.75 Å². The van der Waals surface area contributed by atoms with E-state index in [2.05, 4.69) is 28.9 Å². The Labute approximate surface area is 139 Å². The lowest BCUT2D eigenvalue weighted by Gasteiger charge is -2.12. The molecular weight excluding hydrogens is 306 g/mol. The molecule has 4 rings (SSSR count). The van der Waals surface area contributed by atoms with Gasteiger partial charge < -0.3 is 10.1 Å². The number of thiophene rings is 1. The third-order valence-corrected chi connectivity index (χ3v) is 4.93. The third kappa shape index (κ3) is 2.61. The number of hydrogen-bond acceptors (Lipinski definition) is 4. The first-order valence-corrected chi connectivity index (χ1v) is 8.84. The largest absolute Gasteiger partial charge is 0.492 e. The molecule has 0 radical (unpaired) electrons. The van der Waals surface area contributed by atoms with E-state index < -0.39 is 0 Å². The minimum absolute atomic E-state index is 0.649. The molecule has 2 aromatic heterocycles. The summed E-state index contributed by atoms with van der Waals surface area (Å²) in [6.45, 7) is 3.63. The molecule has 0 saturated heterocycles. The van der Waals surface area contributed by atoms with E-state index in [1.54, 1.807) is 11.3 Å². The highest BCUT2D eigenvalue weighted by atomic mass is 32.1. The van der Waals surface area contributed by atoms with Crippen molar-refractivity contribution in [3.05, 3.63) is 57.9 Å². The molecule has 5 heteroatoms. The van der Waals surface area contributed by atoms with Gasteiger partial charge in [-0.05, 0) is 36.9 Å². The first-order valence-electron chi connectivity index (χ1n) is 7.96. The second kappa shape index (κ2) is 6.08. The maximum atomic E-state index is 5.78. The van der Waals surface area contributed by atoms with Gasteiger partial charge in [0.05, 0.1) is 12.3 Å². The van der Waals surface area contributed by atoms with E-state index >= 15 is 0 Å². The van der Waals surface area contributed by atoms with Crippen LogP contribution in [0.2, 0.25) is 0 Å². The number of ether oxygens (including phenoxy) is 1. The molecule has 3 heterocycles. The molecule has 0 spiro atoms. The van der Waals surface area contributed by atoms with Gasteiger partial charge in [-0.25, -0.2) is 4.68 Å². The number of para-hydroxylation sites is 2. The molecule has 1 N–H and O–H groups in total. The van der Waals surface area contributed by atoms with E-state index in [-0.39, 0.29) is 0 Å². The summed E-state index contributed by atoms with van der Waals surface area (Å²) >= 11 is 1.79. The smallest absolute Gasteiger partial charge is 0.145 e. The predicted octanol–water partition coefficient (Wildman–Crippen LogP) is 3.89. The summed E-state index contributed by atoms with van der Waals surface area (Å²) in [5.41, 5.74) is 3.50. The summed E-state index contributed by atoms with van der Waals surface area (Å²) < 4.78 is 7.79. The van der Waals surface area contributed by atoms with E-state index in [1.807, 2.05) is 29.8 Å². The number of anilines is 1. The van der Waals surface area contributed by atoms with E-state index in [0.29, 0.717) is 6.61 Å². The Morgan fingerprint density at radius 3 is 3.00 bits per heavy atom. The van der Waals surface area contributed by atoms with E-state index in [9.17, 15) is 0 Å². The molecule has 0 aliphatic carbocycles. The minimum Gasteiger partial charge on any atom is -0.492 e. The molecule has 1 aliphatic rings. The average Bonchev–Trinajstić information content (AvgIpc) is 3.28. The average molecular weight is 325 g/mol. The lowest BCUT2D eigenvalue weighted by Crippen LogP contribution is -2.07. The van der Waals surface area contributed by atoms with Crippen LogP contribution in [-0.2, 0) is 12.8 Å². The van der Waals surface area contributed by atoms with Gasteiger partial charge in [-0.3, -0.25) is 0 Å². The highest BCUT2D eigenvalue weighted by Crippen LogP contribution is 2.33. The molecule has 3 aromatic rings. The van der Waals surface area contributed by atoms with Crippen LogP contribution in [0, 0.1) is 0 Å². The van der Waals surface area contributed by atoms with Gasteiger partial charge in [0.25, 0.3) is 0 Å². The van der Waals surface area contributed by atoms with Crippen LogP contribution in [0.1, 0.15) is 23.1 Å². The van der Waals surface area contributed by atoms with E-state index in [4.69, 9.17) is 9.84 Å². The Balaban J connectivity index is 1.78. The van der Waals surface area contributed by atoms with Gasteiger partial charge in [0.15, 0.2) is 0 Å². The van der Waals surface area contributed by atoms with E-state index in [1.165, 1.54) is 16.1 Å². The zero-order valence-electron chi connectivity index (χ0n) is 13.1. The molecule has 0 bridgehead atoms. The number of hydrogen-bond donors (Lipinski definition) is 1. The van der Waals surface area contributed by atoms with Crippen molar-refractivity contribution in [2.75, 3.05) is 18.5 Å². The van der Waals surface area contributed by atoms with Crippen molar-refractivity contribution in [3.63, 3.8) is 0 Å². The van der Waals surface area contributed by atoms with Crippen LogP contribution in [-0.4, -0.2) is 22.9 Å². The fourth-order valence-electron chi connectivity index (χ4n) is 3.05. The van der Waals surface area contributed by atoms with Crippen LogP contribution in [0.15, 0.2) is 41.8 Å². The molecule has 0 fully saturated rings. The highest BCUT2D eigenvalue weighted by molar-refractivity contribution is 7.09. The summed E-state index contributed by atoms with van der Waals surface area (Å²) in [4.78, 5) is 1.35. The van der Waals surface area contributed by atoms with Gasteiger partial charge in [0.1, 0.15) is 17.3 Å². The Bertz CT molecular complexity index is 808. The van der Waals surface area contributed by atoms with Crippen molar-refractivity contribution in [3.8, 4) is 11.4 Å². The van der Waals surface area contributed by atoms with Crippen molar-refractivity contribution in [1.29, 1.82) is 0 Å². The SMILES string of the molecule is CCOc1ccccc1-n1nc(Cc2cccs2)c2c1NCC2. The van der Waals surface area contributed by atoms with Crippen LogP contribution < -0.4 is 10.1 Å². The number of aromatic nitrogens is 2. The molecule has 23 heavy (non-hydrogen) atoms. The van der Waals surface area contributed by atoms with Crippen LogP contribution in [0.25, 0.3) is 5.69 Å². The summed E-state index contributed by atoms with van der Waals surface area (Å²) in [6.07, 6.45) is 1.93. The first-order chi connectivity index (χ1) is 11.4. The van der Waals surface area contributed by atoms with E-state index in [0.717, 1.165) is 36.6 Å². The van der Waals surface area contributed by atoms with Gasteiger partial charge in [-0.2, -0.15) is 5.10 Å². The predicted molar refractivity (Wildman–Crippen MR) is 94.1 cm³/mol. The normalized spacial score (nSPS) is 12.9. The van der Waals surface area contributed by atoms with Gasteiger partial charge >= 0.3 is 0 Å². The van der Waals surface area contributed by atoms with Crippen molar-refractivity contribution in [2.45, 2.75) is 19.8 Å². The zero-order chi connectivity index (χ0) is 15.6. The maximum absolute atomic E-state index is 5.78. The molecule has 118 valence electrons. The number of nitrogens with zero attached hydrogens (tertiary/aromatic N) is 2. The third-order valence-electron chi connectivity index (χ3n) is 4.05. The zero-order valence-corrected chi connectivity index (χ0v) is 13.9. The lowest BCUT2D eigenvalue weighted by atomic mass is 10.1. The molecule has 1 aliphatic heterocycles. The summed E-state index contributed by atoms with van der Waals surface area (Å²) in [5, 5.41) is 10.5. The fraction of sp³-hybridized carbons (Fsp3) is 0.278. The van der Waals surface area contributed by atoms with Crippen LogP contribution >= 0.6 is 11.3 Å².